The smallest absolute Gasteiger partial charge is 0.384 e. The van der Waals surface area contributed by atoms with Crippen LogP contribution in [-0.2, 0) is 53.0 Å². The zero-order valence-corrected chi connectivity index (χ0v) is 32.3. The number of unbranched alkanes of at least 4 members (excludes halogenated alkanes) is 2. The lowest BCUT2D eigenvalue weighted by molar-refractivity contribution is -0.862. The third-order valence-electron chi connectivity index (χ3n) is 11.0. The highest BCUT2D eigenvalue weighted by Gasteiger charge is 2.38. The van der Waals surface area contributed by atoms with Crippen LogP contribution in [-0.4, -0.2) is 113 Å². The first-order valence-corrected chi connectivity index (χ1v) is 19.5. The number of fused-ring (bicyclic) bond motifs is 4. The van der Waals surface area contributed by atoms with Crippen molar-refractivity contribution in [3.05, 3.63) is 34.2 Å². The molecule has 53 heavy (non-hydrogen) atoms. The molecule has 1 aliphatic heterocycles. The molecule has 1 saturated heterocycles. The molecule has 0 spiro atoms. The number of ether oxygens (including phenoxy) is 3. The molecule has 15 heteroatoms. The van der Waals surface area contributed by atoms with Crippen molar-refractivity contribution in [3.63, 3.8) is 0 Å². The summed E-state index contributed by atoms with van der Waals surface area (Å²) < 4.78 is 21.4. The van der Waals surface area contributed by atoms with E-state index < -0.39 is 0 Å². The quantitative estimate of drug-likeness (QED) is 0.0867. The fraction of sp³-hybridized carbons (Fsp3) is 0.658. The van der Waals surface area contributed by atoms with E-state index in [4.69, 9.17) is 40.6 Å². The van der Waals surface area contributed by atoms with Crippen LogP contribution in [0, 0.1) is 13.8 Å². The van der Waals surface area contributed by atoms with Gasteiger partial charge in [-0.2, -0.15) is 0 Å². The van der Waals surface area contributed by atoms with Crippen molar-refractivity contribution in [2.24, 2.45) is 0 Å². The monoisotopic (exact) mass is 734 g/mol. The number of hydrogen-bond donors (Lipinski definition) is 4. The molecule has 0 saturated carbocycles. The largest absolute Gasteiger partial charge is 0.417 e. The molecular weight excluding hydrogens is 674 g/mol. The third-order valence-corrected chi connectivity index (χ3v) is 11.0. The van der Waals surface area contributed by atoms with Gasteiger partial charge in [-0.3, -0.25) is 5.32 Å². The van der Waals surface area contributed by atoms with Crippen molar-refractivity contribution in [2.45, 2.75) is 91.1 Å². The van der Waals surface area contributed by atoms with Gasteiger partial charge in [0.1, 0.15) is 42.4 Å². The summed E-state index contributed by atoms with van der Waals surface area (Å²) in [6, 6.07) is 0.0589. The number of imidazole rings is 2. The molecule has 5 heterocycles. The van der Waals surface area contributed by atoms with Gasteiger partial charge < -0.3 is 40.1 Å². The summed E-state index contributed by atoms with van der Waals surface area (Å²) in [6.07, 6.45) is 9.43. The number of hydrogen-bond acceptors (Lipinski definition) is 11. The number of anilines is 2. The van der Waals surface area contributed by atoms with Crippen LogP contribution in [0.1, 0.15) is 72.7 Å². The molecule has 1 fully saturated rings. The number of morpholine rings is 1. The number of aromatic nitrogens is 6. The highest BCUT2D eigenvalue weighted by atomic mass is 16.5. The van der Waals surface area contributed by atoms with Crippen LogP contribution >= 0.6 is 0 Å². The first-order chi connectivity index (χ1) is 25.8. The lowest BCUT2D eigenvalue weighted by Gasteiger charge is -2.38. The van der Waals surface area contributed by atoms with Gasteiger partial charge in [0.2, 0.25) is 0 Å². The van der Waals surface area contributed by atoms with E-state index in [0.717, 1.165) is 122 Å². The molecular formula is C38H60N11O4+. The van der Waals surface area contributed by atoms with Crippen molar-refractivity contribution < 1.29 is 23.5 Å². The molecule has 2 aliphatic rings. The Labute approximate surface area is 312 Å². The number of urea groups is 1. The Hall–Kier alpha value is -3.89. The van der Waals surface area contributed by atoms with E-state index in [-0.39, 0.29) is 6.03 Å². The zero-order valence-electron chi connectivity index (χ0n) is 32.3. The maximum Gasteiger partial charge on any atom is 0.417 e. The molecule has 2 amide bonds. The average Bonchev–Trinajstić information content (AvgIpc) is 3.73. The van der Waals surface area contributed by atoms with Crippen LogP contribution in [0.2, 0.25) is 0 Å². The molecule has 15 nitrogen and oxygen atoms in total. The second-order valence-corrected chi connectivity index (χ2v) is 14.6. The molecule has 0 unspecified atom stereocenters. The van der Waals surface area contributed by atoms with E-state index in [1.54, 1.807) is 14.2 Å². The number of pyridine rings is 2. The van der Waals surface area contributed by atoms with Gasteiger partial charge in [-0.1, -0.05) is 0 Å². The summed E-state index contributed by atoms with van der Waals surface area (Å²) in [7, 11) is 3.42. The highest BCUT2D eigenvalue weighted by molar-refractivity contribution is 5.89. The minimum absolute atomic E-state index is 0.0589. The van der Waals surface area contributed by atoms with Crippen molar-refractivity contribution in [2.75, 3.05) is 85.0 Å². The van der Waals surface area contributed by atoms with Crippen molar-refractivity contribution in [1.82, 2.24) is 39.7 Å². The lowest BCUT2D eigenvalue weighted by Crippen LogP contribution is -2.65. The predicted molar refractivity (Wildman–Crippen MR) is 207 cm³/mol. The molecule has 0 radical (unpaired) electrons. The van der Waals surface area contributed by atoms with E-state index in [1.807, 2.05) is 6.92 Å². The van der Waals surface area contributed by atoms with Crippen molar-refractivity contribution >= 4 is 39.7 Å². The fourth-order valence-corrected chi connectivity index (χ4v) is 7.94. The Morgan fingerprint density at radius 3 is 2.09 bits per heavy atom. The molecule has 6 N–H and O–H groups in total. The molecule has 0 bridgehead atoms. The van der Waals surface area contributed by atoms with Gasteiger partial charge in [0.05, 0.1) is 37.5 Å². The lowest BCUT2D eigenvalue weighted by atomic mass is 9.95. The zero-order chi connectivity index (χ0) is 37.4. The summed E-state index contributed by atoms with van der Waals surface area (Å²) in [6.45, 7) is 11.3. The van der Waals surface area contributed by atoms with Gasteiger partial charge in [0, 0.05) is 64.6 Å². The number of nitrogens with zero attached hydrogens (tertiary/aromatic N) is 7. The average molecular weight is 735 g/mol. The van der Waals surface area contributed by atoms with Crippen LogP contribution in [0.3, 0.4) is 0 Å². The number of methoxy groups -OCH3 is 2. The molecule has 4 aromatic heterocycles. The molecule has 0 atom stereocenters. The van der Waals surface area contributed by atoms with Gasteiger partial charge in [-0.05, 0) is 76.3 Å². The number of rotatable bonds is 18. The highest BCUT2D eigenvalue weighted by Crippen LogP contribution is 2.32. The Morgan fingerprint density at radius 2 is 1.42 bits per heavy atom. The maximum atomic E-state index is 13.7. The Balaban J connectivity index is 1.01. The standard InChI is InChI=1S/C38H59N11O4/c1-26-27(2)43-36(39)32-34(26)47(30(45-32)13-21-51-3)17-10-8-16-42-38(50)49(19-23-53-24-20-49)25-41-15-7-9-18-48-31(14-22-52-4)46-33-35(48)28-11-5-6-12-29(28)44-37(33)40/h41H,5-25H2,1-4H3,(H4-,39,40,42,43,44,50)/p+1. The Morgan fingerprint density at radius 1 is 0.811 bits per heavy atom. The van der Waals surface area contributed by atoms with Crippen LogP contribution in [0.15, 0.2) is 0 Å². The minimum atomic E-state index is 0.0589. The molecule has 4 aromatic rings. The molecule has 6 rings (SSSR count). The number of aryl methyl sites for hydroxylation is 6. The minimum Gasteiger partial charge on any atom is -0.384 e. The number of nitrogen functional groups attached to an aromatic ring is 2. The summed E-state index contributed by atoms with van der Waals surface area (Å²) in [4.78, 5) is 32.8. The second kappa shape index (κ2) is 18.0. The van der Waals surface area contributed by atoms with E-state index in [1.165, 1.54) is 12.0 Å². The SMILES string of the molecule is COCCc1nc2c(N)nc(C)c(C)c2n1CCCCNC(=O)[N+]1(CNCCCCn2c(CCOC)nc3c(N)nc4c(c32)CCCC4)CCOCC1. The first kappa shape index (κ1) is 38.8. The number of carbonyl (C=O) groups is 1. The second-order valence-electron chi connectivity index (χ2n) is 14.6. The summed E-state index contributed by atoms with van der Waals surface area (Å²) in [5, 5.41) is 6.88. The molecule has 1 aliphatic carbocycles. The number of nitrogens with two attached hydrogens (primary N) is 2. The number of amides is 2. The van der Waals surface area contributed by atoms with E-state index in [2.05, 4.69) is 31.7 Å². The molecule has 290 valence electrons. The fourth-order valence-electron chi connectivity index (χ4n) is 7.94. The van der Waals surface area contributed by atoms with Gasteiger partial charge in [0.25, 0.3) is 0 Å². The number of carbonyl (C=O) groups excluding carboxylic acids is 1. The third kappa shape index (κ3) is 8.59. The van der Waals surface area contributed by atoms with Crippen LogP contribution in [0.25, 0.3) is 22.1 Å². The van der Waals surface area contributed by atoms with Crippen molar-refractivity contribution in [3.8, 4) is 0 Å². The maximum absolute atomic E-state index is 13.7. The van der Waals surface area contributed by atoms with Crippen LogP contribution in [0.4, 0.5) is 16.4 Å². The summed E-state index contributed by atoms with van der Waals surface area (Å²) >= 11 is 0. The predicted octanol–water partition coefficient (Wildman–Crippen LogP) is 3.58. The Bertz CT molecular complexity index is 1860. The van der Waals surface area contributed by atoms with Crippen molar-refractivity contribution in [1.29, 1.82) is 0 Å². The van der Waals surface area contributed by atoms with E-state index in [9.17, 15) is 4.79 Å². The molecule has 0 aromatic carbocycles. The Kier molecular flexibility index (Phi) is 13.2. The van der Waals surface area contributed by atoms with Gasteiger partial charge in [-0.25, -0.2) is 29.2 Å². The van der Waals surface area contributed by atoms with Crippen LogP contribution in [0.5, 0.6) is 0 Å². The van der Waals surface area contributed by atoms with Gasteiger partial charge >= 0.3 is 6.03 Å². The topological polar surface area (TPSA) is 182 Å². The normalized spacial score (nSPS) is 15.7. The summed E-state index contributed by atoms with van der Waals surface area (Å²) in [5.74, 6) is 2.95. The summed E-state index contributed by atoms with van der Waals surface area (Å²) in [5.41, 5.74) is 20.9. The van der Waals surface area contributed by atoms with Crippen LogP contribution < -0.4 is 22.1 Å². The van der Waals surface area contributed by atoms with E-state index >= 15 is 0 Å². The van der Waals surface area contributed by atoms with E-state index in [0.29, 0.717) is 75.3 Å². The van der Waals surface area contributed by atoms with Gasteiger partial charge in [0.15, 0.2) is 11.6 Å². The number of nitrogens with one attached hydrogen (secondary N) is 2. The van der Waals surface area contributed by atoms with Gasteiger partial charge in [-0.15, -0.1) is 0 Å². The first-order valence-electron chi connectivity index (χ1n) is 19.5. The number of quaternary nitrogens is 1.